The summed E-state index contributed by atoms with van der Waals surface area (Å²) < 4.78 is 7.73. The third kappa shape index (κ3) is 3.97. The van der Waals surface area contributed by atoms with Crippen LogP contribution in [0.2, 0.25) is 0 Å². The lowest BCUT2D eigenvalue weighted by Gasteiger charge is -2.28. The summed E-state index contributed by atoms with van der Waals surface area (Å²) in [7, 11) is 0. The van der Waals surface area contributed by atoms with E-state index in [0.29, 0.717) is 31.3 Å². The van der Waals surface area contributed by atoms with Crippen LogP contribution >= 0.6 is 0 Å². The quantitative estimate of drug-likeness (QED) is 0.371. The highest BCUT2D eigenvalue weighted by Gasteiger charge is 2.24. The maximum atomic E-state index is 5.61. The fourth-order valence-electron chi connectivity index (χ4n) is 4.59. The number of aromatic nitrogens is 7. The van der Waals surface area contributed by atoms with Crippen molar-refractivity contribution in [3.05, 3.63) is 66.6 Å². The molecule has 0 saturated carbocycles. The molecule has 0 radical (unpaired) electrons. The van der Waals surface area contributed by atoms with E-state index in [-0.39, 0.29) is 0 Å². The summed E-state index contributed by atoms with van der Waals surface area (Å²) in [5.41, 5.74) is 6.12. The van der Waals surface area contributed by atoms with Gasteiger partial charge in [0.05, 0.1) is 18.9 Å². The first-order chi connectivity index (χ1) is 17.7. The van der Waals surface area contributed by atoms with E-state index in [1.54, 1.807) is 12.4 Å². The van der Waals surface area contributed by atoms with Crippen molar-refractivity contribution in [1.29, 1.82) is 0 Å². The molecule has 1 aliphatic rings. The van der Waals surface area contributed by atoms with Crippen LogP contribution in [0.4, 0.5) is 5.82 Å². The number of aryl methyl sites for hydroxylation is 2. The molecule has 6 rings (SSSR count). The van der Waals surface area contributed by atoms with Gasteiger partial charge in [-0.1, -0.05) is 30.3 Å². The lowest BCUT2D eigenvalue weighted by molar-refractivity contribution is 0.122. The van der Waals surface area contributed by atoms with Gasteiger partial charge in [0.1, 0.15) is 11.5 Å². The minimum absolute atomic E-state index is 0.532. The fraction of sp³-hybridized carbons (Fsp3) is 0.259. The van der Waals surface area contributed by atoms with Gasteiger partial charge in [-0.15, -0.1) is 5.10 Å². The molecule has 0 unspecified atom stereocenters. The van der Waals surface area contributed by atoms with Crippen LogP contribution < -0.4 is 4.90 Å². The number of fused-ring (bicyclic) bond motifs is 1. The summed E-state index contributed by atoms with van der Waals surface area (Å²) in [5.74, 6) is 2.17. The van der Waals surface area contributed by atoms with Crippen molar-refractivity contribution in [2.75, 3.05) is 31.2 Å². The number of benzene rings is 1. The van der Waals surface area contributed by atoms with E-state index < -0.39 is 0 Å². The van der Waals surface area contributed by atoms with Crippen LogP contribution in [-0.4, -0.2) is 61.0 Å². The first kappa shape index (κ1) is 22.2. The fourth-order valence-corrected chi connectivity index (χ4v) is 4.59. The first-order valence-corrected chi connectivity index (χ1v) is 12.1. The first-order valence-electron chi connectivity index (χ1n) is 12.1. The highest BCUT2D eigenvalue weighted by molar-refractivity contribution is 5.89. The van der Waals surface area contributed by atoms with Gasteiger partial charge in [0.15, 0.2) is 22.8 Å². The van der Waals surface area contributed by atoms with Gasteiger partial charge in [-0.25, -0.2) is 15.0 Å². The Morgan fingerprint density at radius 3 is 2.42 bits per heavy atom. The Balaban J connectivity index is 1.57. The zero-order valence-corrected chi connectivity index (χ0v) is 20.3. The van der Waals surface area contributed by atoms with E-state index in [1.165, 1.54) is 0 Å². The molecule has 1 fully saturated rings. The summed E-state index contributed by atoms with van der Waals surface area (Å²) in [5, 5.41) is 8.95. The van der Waals surface area contributed by atoms with Crippen LogP contribution in [-0.2, 0) is 11.3 Å². The van der Waals surface area contributed by atoms with Crippen LogP contribution in [0.25, 0.3) is 45.2 Å². The number of anilines is 1. The molecule has 0 bridgehead atoms. The monoisotopic (exact) mass is 478 g/mol. The molecule has 0 atom stereocenters. The third-order valence-electron chi connectivity index (χ3n) is 6.43. The summed E-state index contributed by atoms with van der Waals surface area (Å²) in [6.45, 7) is 7.55. The van der Waals surface area contributed by atoms with Crippen LogP contribution in [0.5, 0.6) is 0 Å². The number of hydrogen-bond acceptors (Lipinski definition) is 8. The van der Waals surface area contributed by atoms with Gasteiger partial charge in [-0.05, 0) is 37.6 Å². The van der Waals surface area contributed by atoms with Crippen LogP contribution in [0.1, 0.15) is 12.6 Å². The molecule has 9 nitrogen and oxygen atoms in total. The van der Waals surface area contributed by atoms with Crippen LogP contribution in [0.15, 0.2) is 60.9 Å². The van der Waals surface area contributed by atoms with Crippen molar-refractivity contribution < 1.29 is 4.74 Å². The SMILES string of the molecule is CCn1c(-c2ccncc2)nc2c(N3CCOCC3)nc(-c3cc(-c4ccccc4)c(C)nn3)nc21. The van der Waals surface area contributed by atoms with Crippen molar-refractivity contribution in [3.8, 4) is 34.0 Å². The molecule has 0 aliphatic carbocycles. The van der Waals surface area contributed by atoms with E-state index in [0.717, 1.165) is 58.3 Å². The minimum Gasteiger partial charge on any atom is -0.378 e. The van der Waals surface area contributed by atoms with E-state index >= 15 is 0 Å². The van der Waals surface area contributed by atoms with E-state index in [1.807, 2.05) is 43.3 Å². The van der Waals surface area contributed by atoms with Crippen molar-refractivity contribution in [3.63, 3.8) is 0 Å². The molecule has 0 spiro atoms. The van der Waals surface area contributed by atoms with Crippen LogP contribution in [0.3, 0.4) is 0 Å². The summed E-state index contributed by atoms with van der Waals surface area (Å²) in [4.78, 5) is 21.4. The molecule has 36 heavy (non-hydrogen) atoms. The Labute approximate surface area is 208 Å². The van der Waals surface area contributed by atoms with Crippen molar-refractivity contribution >= 4 is 17.0 Å². The van der Waals surface area contributed by atoms with Gasteiger partial charge in [-0.3, -0.25) is 4.98 Å². The molecular formula is C27H26N8O. The largest absolute Gasteiger partial charge is 0.378 e. The summed E-state index contributed by atoms with van der Waals surface area (Å²) >= 11 is 0. The molecule has 4 aromatic heterocycles. The number of imidazole rings is 1. The molecule has 9 heteroatoms. The maximum absolute atomic E-state index is 5.61. The molecule has 1 aliphatic heterocycles. The standard InChI is InChI=1S/C27H26N8O/c1-3-35-25(20-9-11-28-12-10-20)29-23-26(34-13-15-36-16-14-34)30-24(31-27(23)35)22-17-21(18(2)32-33-22)19-7-5-4-6-8-19/h4-12,17H,3,13-16H2,1-2H3. The molecule has 1 aromatic carbocycles. The number of pyridine rings is 1. The topological polar surface area (TPSA) is 94.7 Å². The van der Waals surface area contributed by atoms with Crippen molar-refractivity contribution in [2.24, 2.45) is 0 Å². The number of nitrogens with zero attached hydrogens (tertiary/aromatic N) is 8. The van der Waals surface area contributed by atoms with Gasteiger partial charge >= 0.3 is 0 Å². The predicted molar refractivity (Wildman–Crippen MR) is 138 cm³/mol. The Morgan fingerprint density at radius 1 is 0.889 bits per heavy atom. The normalized spacial score (nSPS) is 13.9. The highest BCUT2D eigenvalue weighted by Crippen LogP contribution is 2.32. The molecular weight excluding hydrogens is 452 g/mol. The lowest BCUT2D eigenvalue weighted by atomic mass is 10.0. The molecule has 0 N–H and O–H groups in total. The smallest absolute Gasteiger partial charge is 0.184 e. The second-order valence-corrected chi connectivity index (χ2v) is 8.65. The minimum atomic E-state index is 0.532. The van der Waals surface area contributed by atoms with Gasteiger partial charge < -0.3 is 14.2 Å². The van der Waals surface area contributed by atoms with Gasteiger partial charge in [0.25, 0.3) is 0 Å². The maximum Gasteiger partial charge on any atom is 0.184 e. The average molecular weight is 479 g/mol. The predicted octanol–water partition coefficient (Wildman–Crippen LogP) is 4.18. The van der Waals surface area contributed by atoms with Crippen molar-refractivity contribution in [2.45, 2.75) is 20.4 Å². The Hall–Kier alpha value is -4.24. The van der Waals surface area contributed by atoms with E-state index in [4.69, 9.17) is 19.7 Å². The molecule has 1 saturated heterocycles. The Kier molecular flexibility index (Phi) is 5.82. The second-order valence-electron chi connectivity index (χ2n) is 8.65. The van der Waals surface area contributed by atoms with E-state index in [2.05, 4.69) is 43.7 Å². The second kappa shape index (κ2) is 9.43. The van der Waals surface area contributed by atoms with E-state index in [9.17, 15) is 0 Å². The van der Waals surface area contributed by atoms with Crippen LogP contribution in [0, 0.1) is 6.92 Å². The molecule has 0 amide bonds. The number of morpholine rings is 1. The number of rotatable bonds is 5. The van der Waals surface area contributed by atoms with Gasteiger partial charge in [-0.2, -0.15) is 5.10 Å². The Morgan fingerprint density at radius 2 is 1.67 bits per heavy atom. The lowest BCUT2D eigenvalue weighted by Crippen LogP contribution is -2.37. The molecule has 180 valence electrons. The zero-order chi connectivity index (χ0) is 24.5. The van der Waals surface area contributed by atoms with Gasteiger partial charge in [0, 0.05) is 43.2 Å². The summed E-state index contributed by atoms with van der Waals surface area (Å²) in [6, 6.07) is 16.2. The van der Waals surface area contributed by atoms with Gasteiger partial charge in [0.2, 0.25) is 0 Å². The van der Waals surface area contributed by atoms with Crippen molar-refractivity contribution in [1.82, 2.24) is 34.7 Å². The zero-order valence-electron chi connectivity index (χ0n) is 20.3. The average Bonchev–Trinajstić information content (AvgIpc) is 3.33. The molecule has 5 heterocycles. The summed E-state index contributed by atoms with van der Waals surface area (Å²) in [6.07, 6.45) is 3.56. The Bertz CT molecular complexity index is 1510. The number of hydrogen-bond donors (Lipinski definition) is 0. The molecule has 5 aromatic rings. The number of ether oxygens (including phenoxy) is 1. The third-order valence-corrected chi connectivity index (χ3v) is 6.43. The highest BCUT2D eigenvalue weighted by atomic mass is 16.5.